The van der Waals surface area contributed by atoms with Gasteiger partial charge >= 0.3 is 0 Å². The van der Waals surface area contributed by atoms with Crippen LogP contribution in [0.5, 0.6) is 0 Å². The molecular formula is C13H13NO4S. The molecule has 0 radical (unpaired) electrons. The molecule has 0 unspecified atom stereocenters. The fourth-order valence-electron chi connectivity index (χ4n) is 1.54. The lowest BCUT2D eigenvalue weighted by Gasteiger charge is -2.06. The number of Topliss-reactive ketones (excluding diaryl/α,β-unsaturated/α-hetero) is 1. The van der Waals surface area contributed by atoms with E-state index in [-0.39, 0.29) is 17.2 Å². The minimum absolute atomic E-state index is 0.0618. The average Bonchev–Trinajstić information content (AvgIpc) is 2.90. The molecule has 0 aliphatic rings. The monoisotopic (exact) mass is 279 g/mol. The van der Waals surface area contributed by atoms with Crippen LogP contribution in [0, 0.1) is 0 Å². The number of hydrogen-bond donors (Lipinski definition) is 1. The van der Waals surface area contributed by atoms with Crippen LogP contribution in [0.1, 0.15) is 23.0 Å². The molecule has 0 amide bonds. The van der Waals surface area contributed by atoms with Crippen molar-refractivity contribution in [3.05, 3.63) is 54.0 Å². The van der Waals surface area contributed by atoms with Gasteiger partial charge in [-0.25, -0.2) is 13.1 Å². The molecule has 2 rings (SSSR count). The lowest BCUT2D eigenvalue weighted by atomic mass is 10.2. The summed E-state index contributed by atoms with van der Waals surface area (Å²) in [6.07, 6.45) is 1.47. The molecule has 0 spiro atoms. The predicted molar refractivity (Wildman–Crippen MR) is 69.2 cm³/mol. The number of ketones is 1. The minimum atomic E-state index is -3.65. The fraction of sp³-hybridized carbons (Fsp3) is 0.154. The second-order valence-corrected chi connectivity index (χ2v) is 5.75. The first-order valence-electron chi connectivity index (χ1n) is 5.62. The third-order valence-corrected chi connectivity index (χ3v) is 3.97. The maximum atomic E-state index is 12.0. The molecule has 1 aromatic heterocycles. The van der Waals surface area contributed by atoms with Crippen molar-refractivity contribution in [2.75, 3.05) is 0 Å². The molecule has 0 fully saturated rings. The Labute approximate surface area is 111 Å². The Balaban J connectivity index is 2.19. The summed E-state index contributed by atoms with van der Waals surface area (Å²) in [7, 11) is -3.65. The van der Waals surface area contributed by atoms with E-state index in [4.69, 9.17) is 4.42 Å². The number of carbonyl (C=O) groups excluding carboxylic acids is 1. The summed E-state index contributed by atoms with van der Waals surface area (Å²) in [5, 5.41) is 0. The molecule has 6 heteroatoms. The van der Waals surface area contributed by atoms with Gasteiger partial charge in [0.15, 0.2) is 5.78 Å². The Hall–Kier alpha value is -1.92. The first-order valence-corrected chi connectivity index (χ1v) is 7.10. The lowest BCUT2D eigenvalue weighted by molar-refractivity contribution is 0.101. The van der Waals surface area contributed by atoms with Crippen LogP contribution in [0.15, 0.2) is 52.0 Å². The molecule has 0 bridgehead atoms. The van der Waals surface area contributed by atoms with Crippen molar-refractivity contribution < 1.29 is 17.6 Å². The first kappa shape index (κ1) is 13.5. The largest absolute Gasteiger partial charge is 0.468 e. The van der Waals surface area contributed by atoms with E-state index in [0.29, 0.717) is 11.3 Å². The number of rotatable bonds is 5. The standard InChI is InChI=1S/C13H13NO4S/c1-10(15)11-4-2-6-13(8-11)19(16,17)14-9-12-5-3-7-18-12/h2-8,14H,9H2,1H3. The Bertz CT molecular complexity index is 674. The number of furan rings is 1. The van der Waals surface area contributed by atoms with Gasteiger partial charge in [0.2, 0.25) is 10.0 Å². The van der Waals surface area contributed by atoms with Crippen LogP contribution in [-0.4, -0.2) is 14.2 Å². The van der Waals surface area contributed by atoms with Gasteiger partial charge in [-0.15, -0.1) is 0 Å². The van der Waals surface area contributed by atoms with Crippen molar-refractivity contribution in [2.45, 2.75) is 18.4 Å². The van der Waals surface area contributed by atoms with Crippen molar-refractivity contribution in [1.82, 2.24) is 4.72 Å². The second-order valence-electron chi connectivity index (χ2n) is 3.99. The number of nitrogens with one attached hydrogen (secondary N) is 1. The van der Waals surface area contributed by atoms with Crippen molar-refractivity contribution >= 4 is 15.8 Å². The summed E-state index contributed by atoms with van der Waals surface area (Å²) in [5.41, 5.74) is 0.362. The van der Waals surface area contributed by atoms with Gasteiger partial charge in [-0.2, -0.15) is 0 Å². The highest BCUT2D eigenvalue weighted by Gasteiger charge is 2.15. The van der Waals surface area contributed by atoms with Gasteiger partial charge in [0, 0.05) is 5.56 Å². The highest BCUT2D eigenvalue weighted by atomic mass is 32.2. The van der Waals surface area contributed by atoms with E-state index in [2.05, 4.69) is 4.72 Å². The zero-order valence-electron chi connectivity index (χ0n) is 10.3. The zero-order valence-corrected chi connectivity index (χ0v) is 11.1. The maximum absolute atomic E-state index is 12.0. The van der Waals surface area contributed by atoms with E-state index in [0.717, 1.165) is 0 Å². The highest BCUT2D eigenvalue weighted by molar-refractivity contribution is 7.89. The molecule has 100 valence electrons. The maximum Gasteiger partial charge on any atom is 0.240 e. The summed E-state index contributed by atoms with van der Waals surface area (Å²) in [5.74, 6) is 0.342. The number of benzene rings is 1. The molecule has 1 heterocycles. The Kier molecular flexibility index (Phi) is 3.82. The molecule has 0 saturated heterocycles. The van der Waals surface area contributed by atoms with Crippen molar-refractivity contribution in [3.8, 4) is 0 Å². The van der Waals surface area contributed by atoms with Gasteiger partial charge in [0.1, 0.15) is 5.76 Å². The van der Waals surface area contributed by atoms with Crippen molar-refractivity contribution in [3.63, 3.8) is 0 Å². The molecule has 0 saturated carbocycles. The number of hydrogen-bond acceptors (Lipinski definition) is 4. The molecule has 0 aliphatic carbocycles. The summed E-state index contributed by atoms with van der Waals surface area (Å²) in [6, 6.07) is 9.27. The molecule has 0 atom stereocenters. The summed E-state index contributed by atoms with van der Waals surface area (Å²) in [4.78, 5) is 11.3. The van der Waals surface area contributed by atoms with Crippen LogP contribution >= 0.6 is 0 Å². The summed E-state index contributed by atoms with van der Waals surface area (Å²) >= 11 is 0. The molecule has 19 heavy (non-hydrogen) atoms. The minimum Gasteiger partial charge on any atom is -0.468 e. The Morgan fingerprint density at radius 3 is 2.68 bits per heavy atom. The summed E-state index contributed by atoms with van der Waals surface area (Å²) < 4.78 is 31.5. The topological polar surface area (TPSA) is 76.4 Å². The van der Waals surface area contributed by atoms with Gasteiger partial charge in [0.25, 0.3) is 0 Å². The Morgan fingerprint density at radius 2 is 2.05 bits per heavy atom. The normalized spacial score (nSPS) is 11.4. The SMILES string of the molecule is CC(=O)c1cccc(S(=O)(=O)NCc2ccco2)c1. The van der Waals surface area contributed by atoms with Gasteiger partial charge in [-0.3, -0.25) is 4.79 Å². The molecule has 1 N–H and O–H groups in total. The van der Waals surface area contributed by atoms with Gasteiger partial charge < -0.3 is 4.42 Å². The van der Waals surface area contributed by atoms with Gasteiger partial charge in [-0.05, 0) is 31.2 Å². The molecule has 5 nitrogen and oxygen atoms in total. The second kappa shape index (κ2) is 5.38. The fourth-order valence-corrected chi connectivity index (χ4v) is 2.58. The highest BCUT2D eigenvalue weighted by Crippen LogP contribution is 2.12. The van der Waals surface area contributed by atoms with Crippen LogP contribution in [0.3, 0.4) is 0 Å². The van der Waals surface area contributed by atoms with Crippen LogP contribution < -0.4 is 4.72 Å². The molecule has 0 aliphatic heterocycles. The van der Waals surface area contributed by atoms with E-state index in [1.165, 1.54) is 31.4 Å². The van der Waals surface area contributed by atoms with Crippen LogP contribution in [-0.2, 0) is 16.6 Å². The smallest absolute Gasteiger partial charge is 0.240 e. The van der Waals surface area contributed by atoms with E-state index in [1.807, 2.05) is 0 Å². The van der Waals surface area contributed by atoms with E-state index in [9.17, 15) is 13.2 Å². The Morgan fingerprint density at radius 1 is 1.26 bits per heavy atom. The van der Waals surface area contributed by atoms with E-state index >= 15 is 0 Å². The van der Waals surface area contributed by atoms with Crippen LogP contribution in [0.4, 0.5) is 0 Å². The van der Waals surface area contributed by atoms with Crippen LogP contribution in [0.25, 0.3) is 0 Å². The zero-order chi connectivity index (χ0) is 13.9. The van der Waals surface area contributed by atoms with E-state index in [1.54, 1.807) is 18.2 Å². The number of sulfonamides is 1. The molecule has 1 aromatic carbocycles. The van der Waals surface area contributed by atoms with E-state index < -0.39 is 10.0 Å². The molecule has 2 aromatic rings. The quantitative estimate of drug-likeness (QED) is 0.849. The average molecular weight is 279 g/mol. The number of carbonyl (C=O) groups is 1. The summed E-state index contributed by atoms with van der Waals surface area (Å²) in [6.45, 7) is 1.46. The van der Waals surface area contributed by atoms with Gasteiger partial charge in [0.05, 0.1) is 17.7 Å². The van der Waals surface area contributed by atoms with Crippen molar-refractivity contribution in [1.29, 1.82) is 0 Å². The molecular weight excluding hydrogens is 266 g/mol. The van der Waals surface area contributed by atoms with Crippen LogP contribution in [0.2, 0.25) is 0 Å². The van der Waals surface area contributed by atoms with Crippen molar-refractivity contribution in [2.24, 2.45) is 0 Å². The third kappa shape index (κ3) is 3.30. The first-order chi connectivity index (χ1) is 8.99. The van der Waals surface area contributed by atoms with Gasteiger partial charge in [-0.1, -0.05) is 12.1 Å². The lowest BCUT2D eigenvalue weighted by Crippen LogP contribution is -2.23. The third-order valence-electron chi connectivity index (χ3n) is 2.57. The predicted octanol–water partition coefficient (Wildman–Crippen LogP) is 1.96.